The van der Waals surface area contributed by atoms with Gasteiger partial charge in [-0.2, -0.15) is 0 Å². The lowest BCUT2D eigenvalue weighted by Crippen LogP contribution is -2.58. The molecular formula is C25H35ClN4O4. The van der Waals surface area contributed by atoms with E-state index >= 15 is 0 Å². The van der Waals surface area contributed by atoms with E-state index in [-0.39, 0.29) is 36.0 Å². The molecule has 8 nitrogen and oxygen atoms in total. The van der Waals surface area contributed by atoms with Crippen LogP contribution in [0.15, 0.2) is 12.3 Å². The fraction of sp³-hybridized carbons (Fsp3) is 0.720. The first-order valence-corrected chi connectivity index (χ1v) is 12.8. The Morgan fingerprint density at radius 1 is 1.24 bits per heavy atom. The van der Waals surface area contributed by atoms with E-state index in [1.54, 1.807) is 11.0 Å². The smallest absolute Gasteiger partial charge is 0.410 e. The number of ether oxygens (including phenoxy) is 1. The largest absolute Gasteiger partial charge is 0.446 e. The number of anilines is 1. The minimum absolute atomic E-state index is 0.0402. The molecule has 0 aromatic carbocycles. The molecule has 4 saturated carbocycles. The molecule has 9 heteroatoms. The van der Waals surface area contributed by atoms with Crippen LogP contribution in [0.5, 0.6) is 0 Å². The van der Waals surface area contributed by atoms with Crippen LogP contribution in [0.1, 0.15) is 69.7 Å². The van der Waals surface area contributed by atoms with E-state index in [9.17, 15) is 14.7 Å². The van der Waals surface area contributed by atoms with Crippen molar-refractivity contribution in [1.82, 2.24) is 15.2 Å². The summed E-state index contributed by atoms with van der Waals surface area (Å²) in [6.07, 6.45) is 6.43. The van der Waals surface area contributed by atoms with Crippen LogP contribution < -0.4 is 10.6 Å². The van der Waals surface area contributed by atoms with Crippen molar-refractivity contribution in [1.29, 1.82) is 0 Å². The summed E-state index contributed by atoms with van der Waals surface area (Å²) >= 11 is 6.11. The fourth-order valence-corrected chi connectivity index (χ4v) is 6.85. The molecule has 2 heterocycles. The number of halogens is 1. The number of pyridine rings is 1. The molecule has 0 spiro atoms. The van der Waals surface area contributed by atoms with E-state index in [4.69, 9.17) is 16.3 Å². The van der Waals surface area contributed by atoms with Gasteiger partial charge in [-0.05, 0) is 83.1 Å². The summed E-state index contributed by atoms with van der Waals surface area (Å²) in [6, 6.07) is 1.57. The first-order valence-electron chi connectivity index (χ1n) is 12.4. The molecule has 2 amide bonds. The van der Waals surface area contributed by atoms with Gasteiger partial charge in [0.1, 0.15) is 11.9 Å². The molecular weight excluding hydrogens is 456 g/mol. The summed E-state index contributed by atoms with van der Waals surface area (Å²) < 4.78 is 6.04. The Balaban J connectivity index is 1.20. The molecule has 6 atom stereocenters. The van der Waals surface area contributed by atoms with Crippen LogP contribution in [0, 0.1) is 17.8 Å². The van der Waals surface area contributed by atoms with Gasteiger partial charge in [0, 0.05) is 30.9 Å². The number of nitrogens with zero attached hydrogens (tertiary/aromatic N) is 2. The van der Waals surface area contributed by atoms with Crippen molar-refractivity contribution in [2.75, 3.05) is 18.4 Å². The molecule has 4 bridgehead atoms. The highest BCUT2D eigenvalue weighted by atomic mass is 35.5. The number of nitrogens with one attached hydrogen (secondary N) is 2. The zero-order chi connectivity index (χ0) is 24.3. The highest BCUT2D eigenvalue weighted by Gasteiger charge is 2.56. The predicted molar refractivity (Wildman–Crippen MR) is 129 cm³/mol. The summed E-state index contributed by atoms with van der Waals surface area (Å²) in [5.74, 6) is 1.34. The van der Waals surface area contributed by atoms with Crippen LogP contribution in [0.4, 0.5) is 10.6 Å². The van der Waals surface area contributed by atoms with E-state index in [1.165, 1.54) is 6.20 Å². The average Bonchev–Trinajstić information content (AvgIpc) is 3.18. The number of aliphatic hydroxyl groups is 1. The number of aromatic nitrogens is 1. The van der Waals surface area contributed by atoms with E-state index < -0.39 is 11.1 Å². The minimum atomic E-state index is -0.537. The molecule has 6 rings (SSSR count). The molecule has 4 aliphatic carbocycles. The van der Waals surface area contributed by atoms with Gasteiger partial charge in [0.25, 0.3) is 5.91 Å². The van der Waals surface area contributed by atoms with Crippen molar-refractivity contribution < 1.29 is 19.4 Å². The first-order chi connectivity index (χ1) is 16.0. The van der Waals surface area contributed by atoms with Crippen molar-refractivity contribution in [2.24, 2.45) is 17.8 Å². The van der Waals surface area contributed by atoms with Gasteiger partial charge in [-0.15, -0.1) is 0 Å². The highest BCUT2D eigenvalue weighted by molar-refractivity contribution is 6.31. The second-order valence-corrected chi connectivity index (χ2v) is 12.3. The van der Waals surface area contributed by atoms with Crippen molar-refractivity contribution in [3.8, 4) is 0 Å². The van der Waals surface area contributed by atoms with E-state index in [0.29, 0.717) is 35.4 Å². The Bertz CT molecular complexity index is 964. The molecule has 5 aliphatic rings. The molecule has 5 unspecified atom stereocenters. The number of carbonyl (C=O) groups excluding carboxylic acids is 2. The molecule has 3 N–H and O–H groups in total. The normalized spacial score (nSPS) is 34.3. The number of hydrogen-bond acceptors (Lipinski definition) is 6. The van der Waals surface area contributed by atoms with Gasteiger partial charge in [-0.3, -0.25) is 4.79 Å². The lowest BCUT2D eigenvalue weighted by atomic mass is 9.53. The average molecular weight is 491 g/mol. The fourth-order valence-electron chi connectivity index (χ4n) is 6.69. The third-order valence-electron chi connectivity index (χ3n) is 7.77. The van der Waals surface area contributed by atoms with Gasteiger partial charge >= 0.3 is 6.09 Å². The maximum Gasteiger partial charge on any atom is 0.410 e. The molecule has 1 aromatic rings. The van der Waals surface area contributed by atoms with Gasteiger partial charge in [-0.25, -0.2) is 9.78 Å². The summed E-state index contributed by atoms with van der Waals surface area (Å²) in [7, 11) is 0. The maximum atomic E-state index is 13.0. The second kappa shape index (κ2) is 8.55. The summed E-state index contributed by atoms with van der Waals surface area (Å²) in [4.78, 5) is 31.9. The molecule has 5 fully saturated rings. The topological polar surface area (TPSA) is 104 Å². The summed E-state index contributed by atoms with van der Waals surface area (Å²) in [5, 5.41) is 17.5. The van der Waals surface area contributed by atoms with Crippen LogP contribution in [0.2, 0.25) is 5.02 Å². The maximum absolute atomic E-state index is 13.0. The number of amides is 2. The van der Waals surface area contributed by atoms with Crippen molar-refractivity contribution in [3.05, 3.63) is 22.8 Å². The Labute approximate surface area is 205 Å². The molecule has 1 aromatic heterocycles. The van der Waals surface area contributed by atoms with Gasteiger partial charge in [-0.1, -0.05) is 11.6 Å². The highest BCUT2D eigenvalue weighted by Crippen LogP contribution is 2.56. The second-order valence-electron chi connectivity index (χ2n) is 11.9. The molecule has 0 radical (unpaired) electrons. The SMILES string of the molecule is CC(C)(C)NC(=O)c1cc(Cl)cnc1NC1CCN(C(=O)OC2C3CC4C[C@@H]2CC(O)(C4)C3)C1. The Kier molecular flexibility index (Phi) is 5.96. The Morgan fingerprint density at radius 2 is 1.94 bits per heavy atom. The van der Waals surface area contributed by atoms with E-state index in [1.807, 2.05) is 20.8 Å². The zero-order valence-corrected chi connectivity index (χ0v) is 20.9. The van der Waals surface area contributed by atoms with Crippen LogP contribution in [0.25, 0.3) is 0 Å². The number of rotatable bonds is 4. The predicted octanol–water partition coefficient (Wildman–Crippen LogP) is 3.83. The lowest BCUT2D eigenvalue weighted by Gasteiger charge is -2.57. The first kappa shape index (κ1) is 23.7. The summed E-state index contributed by atoms with van der Waals surface area (Å²) in [5.41, 5.74) is -0.544. The summed E-state index contributed by atoms with van der Waals surface area (Å²) in [6.45, 7) is 6.82. The minimum Gasteiger partial charge on any atom is -0.446 e. The van der Waals surface area contributed by atoms with Gasteiger partial charge in [0.15, 0.2) is 0 Å². The number of hydrogen-bond donors (Lipinski definition) is 3. The van der Waals surface area contributed by atoms with Gasteiger partial charge in [0.05, 0.1) is 16.2 Å². The standard InChI is InChI=1S/C25H35ClN4O4/c1-24(2,3)29-22(31)19-8-17(26)12-27-21(19)28-18-4-5-30(13-18)23(32)34-20-15-6-14-7-16(20)11-25(33,9-14)10-15/h8,12,14-16,18,20,33H,4-7,9-11,13H2,1-3H3,(H,27,28)(H,29,31)/t14?,15-,16?,18?,20?,25?/m1/s1. The van der Waals surface area contributed by atoms with Crippen molar-refractivity contribution in [3.63, 3.8) is 0 Å². The molecule has 1 aliphatic heterocycles. The quantitative estimate of drug-likeness (QED) is 0.592. The molecule has 186 valence electrons. The molecule has 34 heavy (non-hydrogen) atoms. The number of likely N-dealkylation sites (tertiary alicyclic amines) is 1. The zero-order valence-electron chi connectivity index (χ0n) is 20.1. The number of carbonyl (C=O) groups is 2. The Hall–Kier alpha value is -2.06. The third kappa shape index (κ3) is 4.85. The third-order valence-corrected chi connectivity index (χ3v) is 7.97. The van der Waals surface area contributed by atoms with Crippen LogP contribution in [-0.4, -0.2) is 63.4 Å². The van der Waals surface area contributed by atoms with Gasteiger partial charge < -0.3 is 25.4 Å². The molecule has 1 saturated heterocycles. The lowest BCUT2D eigenvalue weighted by molar-refractivity contribution is -0.177. The van der Waals surface area contributed by atoms with Gasteiger partial charge in [0.2, 0.25) is 0 Å². The van der Waals surface area contributed by atoms with Crippen molar-refractivity contribution in [2.45, 2.75) is 82.6 Å². The van der Waals surface area contributed by atoms with Crippen LogP contribution in [-0.2, 0) is 4.74 Å². The van der Waals surface area contributed by atoms with Crippen molar-refractivity contribution >= 4 is 29.4 Å². The van der Waals surface area contributed by atoms with E-state index in [2.05, 4.69) is 15.6 Å². The van der Waals surface area contributed by atoms with E-state index in [0.717, 1.165) is 38.5 Å². The van der Waals surface area contributed by atoms with Crippen LogP contribution in [0.3, 0.4) is 0 Å². The Morgan fingerprint density at radius 3 is 2.59 bits per heavy atom. The monoisotopic (exact) mass is 490 g/mol. The van der Waals surface area contributed by atoms with Crippen LogP contribution >= 0.6 is 11.6 Å².